The van der Waals surface area contributed by atoms with Gasteiger partial charge in [0.25, 0.3) is 11.8 Å². The fourth-order valence-electron chi connectivity index (χ4n) is 3.11. The van der Waals surface area contributed by atoms with E-state index in [9.17, 15) is 9.59 Å². The number of para-hydroxylation sites is 1. The van der Waals surface area contributed by atoms with E-state index in [0.29, 0.717) is 37.5 Å². The van der Waals surface area contributed by atoms with Gasteiger partial charge < -0.3 is 14.2 Å². The largest absolute Gasteiger partial charge is 0.450 e. The summed E-state index contributed by atoms with van der Waals surface area (Å²) >= 11 is 4.95. The van der Waals surface area contributed by atoms with E-state index in [2.05, 4.69) is 15.9 Å². The monoisotopic (exact) mass is 432 g/mol. The second kappa shape index (κ2) is 6.89. The van der Waals surface area contributed by atoms with Gasteiger partial charge in [0, 0.05) is 36.4 Å². The van der Waals surface area contributed by atoms with E-state index in [1.54, 1.807) is 11.0 Å². The molecule has 134 valence electrons. The molecule has 2 amide bonds. The summed E-state index contributed by atoms with van der Waals surface area (Å²) < 4.78 is 6.57. The van der Waals surface area contributed by atoms with Crippen LogP contribution in [0.4, 0.5) is 0 Å². The molecule has 0 unspecified atom stereocenters. The molecular weight excluding hydrogens is 416 g/mol. The second-order valence-electron chi connectivity index (χ2n) is 6.26. The molecule has 0 spiro atoms. The number of nitrogens with zero attached hydrogens (tertiary/aromatic N) is 2. The highest BCUT2D eigenvalue weighted by Gasteiger charge is 2.27. The van der Waals surface area contributed by atoms with E-state index in [1.165, 1.54) is 11.3 Å². The Balaban J connectivity index is 1.44. The Bertz CT molecular complexity index is 986. The molecule has 5 nitrogen and oxygen atoms in total. The maximum absolute atomic E-state index is 12.7. The van der Waals surface area contributed by atoms with E-state index >= 15 is 0 Å². The molecule has 3 aromatic rings. The Morgan fingerprint density at radius 2 is 1.73 bits per heavy atom. The van der Waals surface area contributed by atoms with Crippen molar-refractivity contribution < 1.29 is 14.0 Å². The van der Waals surface area contributed by atoms with Crippen molar-refractivity contribution in [3.8, 4) is 0 Å². The standard InChI is InChI=1S/C19H17BrN2O3S/c1-12-5-6-16(26-12)19(24)22-9-7-21(8-10-22)18(23)15-11-13-3-2-4-14(20)17(13)25-15/h2-6,11H,7-10H2,1H3. The zero-order valence-corrected chi connectivity index (χ0v) is 16.6. The Kier molecular flexibility index (Phi) is 4.58. The molecule has 1 fully saturated rings. The maximum Gasteiger partial charge on any atom is 0.289 e. The van der Waals surface area contributed by atoms with Crippen LogP contribution in [0.15, 0.2) is 45.3 Å². The van der Waals surface area contributed by atoms with Gasteiger partial charge in [-0.1, -0.05) is 12.1 Å². The summed E-state index contributed by atoms with van der Waals surface area (Å²) in [5.74, 6) is 0.246. The summed E-state index contributed by atoms with van der Waals surface area (Å²) in [5, 5.41) is 0.893. The Morgan fingerprint density at radius 1 is 1.04 bits per heavy atom. The fourth-order valence-corrected chi connectivity index (χ4v) is 4.40. The van der Waals surface area contributed by atoms with Gasteiger partial charge in [0.2, 0.25) is 0 Å². The molecule has 3 heterocycles. The van der Waals surface area contributed by atoms with Crippen LogP contribution < -0.4 is 0 Å². The number of furan rings is 1. The lowest BCUT2D eigenvalue weighted by atomic mass is 10.2. The number of amides is 2. The van der Waals surface area contributed by atoms with Crippen molar-refractivity contribution in [3.05, 3.63) is 56.4 Å². The minimum atomic E-state index is -0.132. The van der Waals surface area contributed by atoms with E-state index in [-0.39, 0.29) is 11.8 Å². The first-order valence-corrected chi connectivity index (χ1v) is 9.97. The summed E-state index contributed by atoms with van der Waals surface area (Å²) in [4.78, 5) is 30.7. The summed E-state index contributed by atoms with van der Waals surface area (Å²) in [6.45, 7) is 4.07. The average molecular weight is 433 g/mol. The van der Waals surface area contributed by atoms with Crippen LogP contribution in [0.2, 0.25) is 0 Å². The molecule has 1 saturated heterocycles. The van der Waals surface area contributed by atoms with Crippen LogP contribution in [0, 0.1) is 6.92 Å². The number of halogens is 1. The number of thiophene rings is 1. The third kappa shape index (κ3) is 3.17. The predicted octanol–water partition coefficient (Wildman–Crippen LogP) is 4.16. The van der Waals surface area contributed by atoms with Gasteiger partial charge in [-0.25, -0.2) is 0 Å². The molecule has 1 aliphatic rings. The summed E-state index contributed by atoms with van der Waals surface area (Å²) in [6.07, 6.45) is 0. The first-order chi connectivity index (χ1) is 12.5. The highest BCUT2D eigenvalue weighted by molar-refractivity contribution is 9.10. The van der Waals surface area contributed by atoms with Crippen LogP contribution in [0.1, 0.15) is 25.1 Å². The molecule has 1 aliphatic heterocycles. The lowest BCUT2D eigenvalue weighted by molar-refractivity contribution is 0.0522. The van der Waals surface area contributed by atoms with Crippen molar-refractivity contribution in [2.75, 3.05) is 26.2 Å². The molecule has 0 atom stereocenters. The lowest BCUT2D eigenvalue weighted by Crippen LogP contribution is -2.50. The third-order valence-corrected chi connectivity index (χ3v) is 6.13. The smallest absolute Gasteiger partial charge is 0.289 e. The number of carbonyl (C=O) groups is 2. The third-order valence-electron chi connectivity index (χ3n) is 4.51. The molecule has 0 N–H and O–H groups in total. The highest BCUT2D eigenvalue weighted by Crippen LogP contribution is 2.28. The van der Waals surface area contributed by atoms with Gasteiger partial charge in [-0.05, 0) is 47.1 Å². The van der Waals surface area contributed by atoms with Gasteiger partial charge in [-0.15, -0.1) is 11.3 Å². The number of hydrogen-bond acceptors (Lipinski definition) is 4. The number of benzene rings is 1. The number of hydrogen-bond donors (Lipinski definition) is 0. The maximum atomic E-state index is 12.7. The topological polar surface area (TPSA) is 53.8 Å². The van der Waals surface area contributed by atoms with E-state index in [4.69, 9.17) is 4.42 Å². The Hall–Kier alpha value is -2.12. The molecule has 4 rings (SSSR count). The van der Waals surface area contributed by atoms with E-state index < -0.39 is 0 Å². The van der Waals surface area contributed by atoms with Crippen LogP contribution >= 0.6 is 27.3 Å². The summed E-state index contributed by atoms with van der Waals surface area (Å²) in [6, 6.07) is 11.3. The van der Waals surface area contributed by atoms with Crippen molar-refractivity contribution in [3.63, 3.8) is 0 Å². The average Bonchev–Trinajstić information content (AvgIpc) is 3.28. The number of piperazine rings is 1. The molecule has 0 radical (unpaired) electrons. The molecule has 7 heteroatoms. The number of fused-ring (bicyclic) bond motifs is 1. The second-order valence-corrected chi connectivity index (χ2v) is 8.41. The highest BCUT2D eigenvalue weighted by atomic mass is 79.9. The van der Waals surface area contributed by atoms with Crippen LogP contribution in [0.25, 0.3) is 11.0 Å². The first kappa shape index (κ1) is 17.3. The molecule has 0 bridgehead atoms. The van der Waals surface area contributed by atoms with Crippen LogP contribution in [0.5, 0.6) is 0 Å². The van der Waals surface area contributed by atoms with Crippen LogP contribution in [0.3, 0.4) is 0 Å². The fraction of sp³-hybridized carbons (Fsp3) is 0.263. The molecule has 0 saturated carbocycles. The van der Waals surface area contributed by atoms with Gasteiger partial charge >= 0.3 is 0 Å². The minimum absolute atomic E-state index is 0.0443. The van der Waals surface area contributed by atoms with Crippen molar-refractivity contribution in [2.24, 2.45) is 0 Å². The molecular formula is C19H17BrN2O3S. The summed E-state index contributed by atoms with van der Waals surface area (Å²) in [7, 11) is 0. The first-order valence-electron chi connectivity index (χ1n) is 8.36. The van der Waals surface area contributed by atoms with Gasteiger partial charge in [-0.2, -0.15) is 0 Å². The normalized spacial score (nSPS) is 14.8. The molecule has 26 heavy (non-hydrogen) atoms. The van der Waals surface area contributed by atoms with Crippen molar-refractivity contribution in [1.29, 1.82) is 0 Å². The van der Waals surface area contributed by atoms with Crippen molar-refractivity contribution >= 4 is 50.1 Å². The number of carbonyl (C=O) groups excluding carboxylic acids is 2. The Morgan fingerprint density at radius 3 is 2.35 bits per heavy atom. The van der Waals surface area contributed by atoms with Gasteiger partial charge in [-0.3, -0.25) is 9.59 Å². The number of aryl methyl sites for hydroxylation is 1. The zero-order valence-electron chi connectivity index (χ0n) is 14.2. The van der Waals surface area contributed by atoms with Crippen LogP contribution in [-0.2, 0) is 0 Å². The van der Waals surface area contributed by atoms with Gasteiger partial charge in [0.1, 0.15) is 5.58 Å². The zero-order chi connectivity index (χ0) is 18.3. The predicted molar refractivity (Wildman–Crippen MR) is 105 cm³/mol. The minimum Gasteiger partial charge on any atom is -0.450 e. The quantitative estimate of drug-likeness (QED) is 0.610. The van der Waals surface area contributed by atoms with E-state index in [0.717, 1.165) is 19.6 Å². The van der Waals surface area contributed by atoms with Crippen LogP contribution in [-0.4, -0.2) is 47.8 Å². The van der Waals surface area contributed by atoms with Crippen molar-refractivity contribution in [1.82, 2.24) is 9.80 Å². The molecule has 1 aromatic carbocycles. The SMILES string of the molecule is Cc1ccc(C(=O)N2CCN(C(=O)c3cc4cccc(Br)c4o3)CC2)s1. The molecule has 2 aromatic heterocycles. The van der Waals surface area contributed by atoms with Gasteiger partial charge in [0.15, 0.2) is 5.76 Å². The van der Waals surface area contributed by atoms with E-state index in [1.807, 2.05) is 42.2 Å². The lowest BCUT2D eigenvalue weighted by Gasteiger charge is -2.34. The number of rotatable bonds is 2. The molecule has 0 aliphatic carbocycles. The summed E-state index contributed by atoms with van der Waals surface area (Å²) in [5.41, 5.74) is 0.678. The van der Waals surface area contributed by atoms with Crippen molar-refractivity contribution in [2.45, 2.75) is 6.92 Å². The van der Waals surface area contributed by atoms with Gasteiger partial charge in [0.05, 0.1) is 9.35 Å². The Labute approximate surface area is 163 Å².